The average molecular weight is 326 g/mol. The van der Waals surface area contributed by atoms with Gasteiger partial charge in [-0.1, -0.05) is 12.1 Å². The summed E-state index contributed by atoms with van der Waals surface area (Å²) < 4.78 is 5.11. The van der Waals surface area contributed by atoms with E-state index >= 15 is 0 Å². The highest BCUT2D eigenvalue weighted by molar-refractivity contribution is 5.93. The quantitative estimate of drug-likeness (QED) is 0.853. The number of carbonyl (C=O) groups is 2. The van der Waals surface area contributed by atoms with Gasteiger partial charge in [-0.3, -0.25) is 9.59 Å². The molecule has 126 valence electrons. The Hall–Kier alpha value is -2.82. The first-order valence-corrected chi connectivity index (χ1v) is 7.79. The minimum atomic E-state index is -0.116. The van der Waals surface area contributed by atoms with Gasteiger partial charge < -0.3 is 15.4 Å². The maximum Gasteiger partial charge on any atom is 0.224 e. The third-order valence-corrected chi connectivity index (χ3v) is 3.62. The van der Waals surface area contributed by atoms with Crippen molar-refractivity contribution in [2.24, 2.45) is 0 Å². The van der Waals surface area contributed by atoms with Crippen molar-refractivity contribution in [1.82, 2.24) is 0 Å². The number of carbonyl (C=O) groups excluding carboxylic acids is 2. The van der Waals surface area contributed by atoms with Crippen LogP contribution in [0.3, 0.4) is 0 Å². The number of methoxy groups -OCH3 is 1. The van der Waals surface area contributed by atoms with Crippen molar-refractivity contribution in [2.45, 2.75) is 26.7 Å². The van der Waals surface area contributed by atoms with Crippen LogP contribution >= 0.6 is 0 Å². The predicted molar refractivity (Wildman–Crippen MR) is 95.4 cm³/mol. The van der Waals surface area contributed by atoms with Gasteiger partial charge in [0.15, 0.2) is 0 Å². The molecule has 2 aromatic carbocycles. The minimum absolute atomic E-state index is 0.0440. The van der Waals surface area contributed by atoms with E-state index in [0.717, 1.165) is 28.3 Å². The van der Waals surface area contributed by atoms with Gasteiger partial charge >= 0.3 is 0 Å². The standard InChI is InChI=1S/C19H22N2O3/c1-13-12-16(7-10-18(13)20-14(2)22)21-19(23)11-6-15-4-8-17(24-3)9-5-15/h4-5,7-10,12H,6,11H2,1-3H3,(H,20,22)(H,21,23). The Morgan fingerprint density at radius 2 is 1.75 bits per heavy atom. The third kappa shape index (κ3) is 5.12. The van der Waals surface area contributed by atoms with Gasteiger partial charge in [-0.15, -0.1) is 0 Å². The monoisotopic (exact) mass is 326 g/mol. The fourth-order valence-electron chi connectivity index (χ4n) is 2.34. The zero-order chi connectivity index (χ0) is 17.5. The smallest absolute Gasteiger partial charge is 0.224 e. The molecule has 0 unspecified atom stereocenters. The fraction of sp³-hybridized carbons (Fsp3) is 0.263. The predicted octanol–water partition coefficient (Wildman–Crippen LogP) is 3.53. The van der Waals surface area contributed by atoms with Crippen LogP contribution < -0.4 is 15.4 Å². The molecule has 0 atom stereocenters. The van der Waals surface area contributed by atoms with Crippen LogP contribution in [0.5, 0.6) is 5.75 Å². The molecule has 0 fully saturated rings. The van der Waals surface area contributed by atoms with Crippen LogP contribution in [0.4, 0.5) is 11.4 Å². The second kappa shape index (κ2) is 8.15. The first-order chi connectivity index (χ1) is 11.5. The molecule has 0 saturated carbocycles. The Bertz CT molecular complexity index is 724. The number of aryl methyl sites for hydroxylation is 2. The Kier molecular flexibility index (Phi) is 5.95. The Morgan fingerprint density at radius 3 is 2.33 bits per heavy atom. The van der Waals surface area contributed by atoms with Crippen LogP contribution in [-0.2, 0) is 16.0 Å². The van der Waals surface area contributed by atoms with E-state index in [9.17, 15) is 9.59 Å². The molecule has 0 radical (unpaired) electrons. The number of hydrogen-bond acceptors (Lipinski definition) is 3. The zero-order valence-electron chi connectivity index (χ0n) is 14.2. The highest BCUT2D eigenvalue weighted by atomic mass is 16.5. The molecule has 5 nitrogen and oxygen atoms in total. The highest BCUT2D eigenvalue weighted by Crippen LogP contribution is 2.20. The molecule has 0 bridgehead atoms. The van der Waals surface area contributed by atoms with Crippen LogP contribution in [0.25, 0.3) is 0 Å². The van der Waals surface area contributed by atoms with E-state index in [1.54, 1.807) is 19.2 Å². The highest BCUT2D eigenvalue weighted by Gasteiger charge is 2.06. The lowest BCUT2D eigenvalue weighted by molar-refractivity contribution is -0.116. The lowest BCUT2D eigenvalue weighted by Crippen LogP contribution is -2.13. The summed E-state index contributed by atoms with van der Waals surface area (Å²) in [6, 6.07) is 13.1. The second-order valence-corrected chi connectivity index (χ2v) is 5.61. The fourth-order valence-corrected chi connectivity index (χ4v) is 2.34. The van der Waals surface area contributed by atoms with Gasteiger partial charge in [-0.2, -0.15) is 0 Å². The molecule has 2 rings (SSSR count). The van der Waals surface area contributed by atoms with E-state index in [2.05, 4.69) is 10.6 Å². The molecule has 5 heteroatoms. The summed E-state index contributed by atoms with van der Waals surface area (Å²) in [5, 5.41) is 5.63. The molecule has 0 saturated heterocycles. The van der Waals surface area contributed by atoms with Gasteiger partial charge in [0.05, 0.1) is 7.11 Å². The van der Waals surface area contributed by atoms with E-state index in [4.69, 9.17) is 4.74 Å². The van der Waals surface area contributed by atoms with Crippen LogP contribution in [-0.4, -0.2) is 18.9 Å². The molecule has 0 aliphatic heterocycles. The van der Waals surface area contributed by atoms with Gasteiger partial charge in [0.1, 0.15) is 5.75 Å². The number of amides is 2. The molecular formula is C19H22N2O3. The number of anilines is 2. The summed E-state index contributed by atoms with van der Waals surface area (Å²) >= 11 is 0. The molecule has 2 amide bonds. The van der Waals surface area contributed by atoms with Crippen LogP contribution in [0, 0.1) is 6.92 Å². The van der Waals surface area contributed by atoms with E-state index in [1.165, 1.54) is 6.92 Å². The molecule has 0 aromatic heterocycles. The summed E-state index contributed by atoms with van der Waals surface area (Å²) in [6.07, 6.45) is 1.07. The van der Waals surface area contributed by atoms with E-state index < -0.39 is 0 Å². The molecule has 0 aliphatic carbocycles. The van der Waals surface area contributed by atoms with Gasteiger partial charge in [0, 0.05) is 24.7 Å². The van der Waals surface area contributed by atoms with Crippen molar-refractivity contribution >= 4 is 23.2 Å². The molecule has 0 spiro atoms. The molecule has 24 heavy (non-hydrogen) atoms. The first-order valence-electron chi connectivity index (χ1n) is 7.79. The van der Waals surface area contributed by atoms with E-state index in [0.29, 0.717) is 12.8 Å². The SMILES string of the molecule is COc1ccc(CCC(=O)Nc2ccc(NC(C)=O)c(C)c2)cc1. The van der Waals surface area contributed by atoms with Gasteiger partial charge in [-0.25, -0.2) is 0 Å². The van der Waals surface area contributed by atoms with Crippen molar-refractivity contribution < 1.29 is 14.3 Å². The minimum Gasteiger partial charge on any atom is -0.497 e. The zero-order valence-corrected chi connectivity index (χ0v) is 14.2. The normalized spacial score (nSPS) is 10.1. The van der Waals surface area contributed by atoms with Crippen molar-refractivity contribution in [3.63, 3.8) is 0 Å². The van der Waals surface area contributed by atoms with Gasteiger partial charge in [-0.05, 0) is 54.8 Å². The van der Waals surface area contributed by atoms with Crippen molar-refractivity contribution in [2.75, 3.05) is 17.7 Å². The van der Waals surface area contributed by atoms with Gasteiger partial charge in [0.25, 0.3) is 0 Å². The summed E-state index contributed by atoms with van der Waals surface area (Å²) in [5.41, 5.74) is 3.46. The molecular weight excluding hydrogens is 304 g/mol. The summed E-state index contributed by atoms with van der Waals surface area (Å²) in [7, 11) is 1.63. The lowest BCUT2D eigenvalue weighted by Gasteiger charge is -2.10. The van der Waals surface area contributed by atoms with Crippen LogP contribution in [0.2, 0.25) is 0 Å². The summed E-state index contributed by atoms with van der Waals surface area (Å²) in [6.45, 7) is 3.35. The maximum absolute atomic E-state index is 12.1. The number of hydrogen-bond donors (Lipinski definition) is 2. The lowest BCUT2D eigenvalue weighted by atomic mass is 10.1. The number of benzene rings is 2. The average Bonchev–Trinajstić information content (AvgIpc) is 2.55. The molecule has 2 aromatic rings. The maximum atomic E-state index is 12.1. The molecule has 0 aliphatic rings. The van der Waals surface area contributed by atoms with Crippen molar-refractivity contribution in [3.8, 4) is 5.75 Å². The second-order valence-electron chi connectivity index (χ2n) is 5.61. The molecule has 0 heterocycles. The third-order valence-electron chi connectivity index (χ3n) is 3.62. The Labute approximate surface area is 142 Å². The van der Waals surface area contributed by atoms with Crippen molar-refractivity contribution in [3.05, 3.63) is 53.6 Å². The largest absolute Gasteiger partial charge is 0.497 e. The van der Waals surface area contributed by atoms with E-state index in [-0.39, 0.29) is 11.8 Å². The number of ether oxygens (including phenoxy) is 1. The first kappa shape index (κ1) is 17.5. The number of rotatable bonds is 6. The summed E-state index contributed by atoms with van der Waals surface area (Å²) in [5.74, 6) is 0.643. The van der Waals surface area contributed by atoms with Crippen LogP contribution in [0.1, 0.15) is 24.5 Å². The van der Waals surface area contributed by atoms with Crippen molar-refractivity contribution in [1.29, 1.82) is 0 Å². The molecule has 2 N–H and O–H groups in total. The number of nitrogens with one attached hydrogen (secondary N) is 2. The van der Waals surface area contributed by atoms with Gasteiger partial charge in [0.2, 0.25) is 11.8 Å². The van der Waals surface area contributed by atoms with E-state index in [1.807, 2.05) is 37.3 Å². The van der Waals surface area contributed by atoms with Crippen LogP contribution in [0.15, 0.2) is 42.5 Å². The Balaban J connectivity index is 1.89. The topological polar surface area (TPSA) is 67.4 Å². The Morgan fingerprint density at radius 1 is 1.04 bits per heavy atom. The summed E-state index contributed by atoms with van der Waals surface area (Å²) in [4.78, 5) is 23.2.